The van der Waals surface area contributed by atoms with Gasteiger partial charge in [0.05, 0.1) is 5.92 Å². The van der Waals surface area contributed by atoms with Gasteiger partial charge in [-0.25, -0.2) is 0 Å². The van der Waals surface area contributed by atoms with Crippen molar-refractivity contribution < 1.29 is 0 Å². The third kappa shape index (κ3) is 3.77. The van der Waals surface area contributed by atoms with Gasteiger partial charge in [-0.2, -0.15) is 0 Å². The van der Waals surface area contributed by atoms with E-state index >= 15 is 0 Å². The van der Waals surface area contributed by atoms with Crippen LogP contribution in [-0.4, -0.2) is 0 Å². The molecule has 3 aromatic rings. The first-order chi connectivity index (χ1) is 11.8. The van der Waals surface area contributed by atoms with E-state index in [0.29, 0.717) is 5.02 Å². The number of allylic oxidation sites excluding steroid dienone is 1. The van der Waals surface area contributed by atoms with Crippen LogP contribution < -0.4 is 0 Å². The van der Waals surface area contributed by atoms with E-state index in [9.17, 15) is 0 Å². The van der Waals surface area contributed by atoms with E-state index in [1.54, 1.807) is 0 Å². The monoisotopic (exact) mass is 328 g/mol. The Bertz CT molecular complexity index is 812. The van der Waals surface area contributed by atoms with Crippen LogP contribution in [0, 0.1) is 12.3 Å². The van der Waals surface area contributed by atoms with Crippen molar-refractivity contribution in [1.29, 1.82) is 0 Å². The Morgan fingerprint density at radius 3 is 1.75 bits per heavy atom. The van der Waals surface area contributed by atoms with Gasteiger partial charge in [-0.3, -0.25) is 0 Å². The van der Waals surface area contributed by atoms with E-state index in [1.807, 2.05) is 60.7 Å². The fraction of sp³-hybridized carbons (Fsp3) is 0.0435. The smallest absolute Gasteiger partial charge is 0.0639 e. The molecule has 24 heavy (non-hydrogen) atoms. The fourth-order valence-electron chi connectivity index (χ4n) is 2.67. The summed E-state index contributed by atoms with van der Waals surface area (Å²) in [6.45, 7) is 0. The molecule has 0 aromatic heterocycles. The average Bonchev–Trinajstić information content (AvgIpc) is 2.65. The molecule has 0 saturated heterocycles. The van der Waals surface area contributed by atoms with Crippen LogP contribution in [0.15, 0.2) is 91.0 Å². The number of hydrogen-bond donors (Lipinski definition) is 0. The molecule has 0 fully saturated rings. The molecule has 0 saturated carbocycles. The fourth-order valence-corrected chi connectivity index (χ4v) is 2.80. The summed E-state index contributed by atoms with van der Waals surface area (Å²) >= 11 is 5.99. The van der Waals surface area contributed by atoms with Crippen LogP contribution in [0.3, 0.4) is 0 Å². The van der Waals surface area contributed by atoms with Crippen LogP contribution in [0.5, 0.6) is 0 Å². The zero-order valence-electron chi connectivity index (χ0n) is 13.2. The second-order valence-electron chi connectivity index (χ2n) is 5.51. The molecule has 116 valence electrons. The molecule has 0 heterocycles. The highest BCUT2D eigenvalue weighted by Gasteiger charge is 2.10. The van der Waals surface area contributed by atoms with Crippen LogP contribution in [-0.2, 0) is 0 Å². The minimum atomic E-state index is -0.113. The van der Waals surface area contributed by atoms with Crippen molar-refractivity contribution in [3.8, 4) is 12.3 Å². The number of hydrogen-bond acceptors (Lipinski definition) is 0. The van der Waals surface area contributed by atoms with Crippen molar-refractivity contribution in [3.05, 3.63) is 113 Å². The minimum Gasteiger partial charge on any atom is -0.119 e. The van der Waals surface area contributed by atoms with Gasteiger partial charge in [0.25, 0.3) is 0 Å². The summed E-state index contributed by atoms with van der Waals surface area (Å²) < 4.78 is 0. The maximum atomic E-state index is 5.99. The van der Waals surface area contributed by atoms with Crippen molar-refractivity contribution in [2.24, 2.45) is 0 Å². The molecule has 0 aliphatic carbocycles. The molecule has 0 aliphatic heterocycles. The van der Waals surface area contributed by atoms with Crippen LogP contribution in [0.4, 0.5) is 0 Å². The number of halogens is 1. The molecule has 0 amide bonds. The predicted octanol–water partition coefficient (Wildman–Crippen LogP) is 6.19. The molecule has 0 aliphatic rings. The lowest BCUT2D eigenvalue weighted by Gasteiger charge is -2.13. The Hall–Kier alpha value is -2.75. The third-order valence-corrected chi connectivity index (χ3v) is 4.16. The van der Waals surface area contributed by atoms with Gasteiger partial charge in [-0.1, -0.05) is 96.4 Å². The van der Waals surface area contributed by atoms with Gasteiger partial charge in [0.15, 0.2) is 0 Å². The first-order valence-electron chi connectivity index (χ1n) is 7.82. The van der Waals surface area contributed by atoms with Gasteiger partial charge in [0.2, 0.25) is 0 Å². The summed E-state index contributed by atoms with van der Waals surface area (Å²) in [7, 11) is 0. The second kappa shape index (κ2) is 7.68. The van der Waals surface area contributed by atoms with Gasteiger partial charge < -0.3 is 0 Å². The van der Waals surface area contributed by atoms with E-state index in [1.165, 1.54) is 0 Å². The summed E-state index contributed by atoms with van der Waals surface area (Å²) in [6.07, 6.45) is 7.97. The lowest BCUT2D eigenvalue weighted by Crippen LogP contribution is -1.95. The highest BCUT2D eigenvalue weighted by Crippen LogP contribution is 2.28. The van der Waals surface area contributed by atoms with E-state index in [4.69, 9.17) is 18.0 Å². The van der Waals surface area contributed by atoms with E-state index in [0.717, 1.165) is 22.3 Å². The van der Waals surface area contributed by atoms with Gasteiger partial charge in [-0.05, 0) is 34.4 Å². The molecular formula is C23H17Cl. The Balaban J connectivity index is 2.09. The normalized spacial score (nSPS) is 11.3. The quantitative estimate of drug-likeness (QED) is 0.501. The van der Waals surface area contributed by atoms with Gasteiger partial charge in [-0.15, -0.1) is 6.42 Å². The molecule has 0 bridgehead atoms. The summed E-state index contributed by atoms with van der Waals surface area (Å²) in [4.78, 5) is 0. The van der Waals surface area contributed by atoms with Crippen LogP contribution in [0.25, 0.3) is 5.57 Å². The van der Waals surface area contributed by atoms with Gasteiger partial charge in [0.1, 0.15) is 0 Å². The third-order valence-electron chi connectivity index (χ3n) is 3.91. The molecule has 0 radical (unpaired) electrons. The van der Waals surface area contributed by atoms with Crippen LogP contribution in [0.1, 0.15) is 22.6 Å². The Kier molecular flexibility index (Phi) is 5.16. The Morgan fingerprint density at radius 1 is 0.792 bits per heavy atom. The Labute approximate surface area is 148 Å². The standard InChI is InChI=1S/C23H17Cl/c1-2-18(19-13-15-22(24)16-14-19)17-23(20-9-5-3-6-10-20)21-11-7-4-8-12-21/h1,3-18H. The molecule has 1 heteroatoms. The molecule has 3 rings (SSSR count). The number of benzene rings is 3. The summed E-state index contributed by atoms with van der Waals surface area (Å²) in [6, 6.07) is 28.3. The number of terminal acetylenes is 1. The molecule has 3 aromatic carbocycles. The average molecular weight is 329 g/mol. The second-order valence-corrected chi connectivity index (χ2v) is 5.94. The molecule has 1 atom stereocenters. The zero-order valence-corrected chi connectivity index (χ0v) is 13.9. The first-order valence-corrected chi connectivity index (χ1v) is 8.20. The van der Waals surface area contributed by atoms with Crippen molar-refractivity contribution >= 4 is 17.2 Å². The van der Waals surface area contributed by atoms with Crippen LogP contribution in [0.2, 0.25) is 5.02 Å². The Morgan fingerprint density at radius 2 is 1.29 bits per heavy atom. The molecular weight excluding hydrogens is 312 g/mol. The molecule has 0 nitrogen and oxygen atoms in total. The highest BCUT2D eigenvalue weighted by molar-refractivity contribution is 6.30. The zero-order chi connectivity index (χ0) is 16.8. The van der Waals surface area contributed by atoms with E-state index in [2.05, 4.69) is 36.3 Å². The summed E-state index contributed by atoms with van der Waals surface area (Å²) in [5, 5.41) is 0.713. The topological polar surface area (TPSA) is 0 Å². The predicted molar refractivity (Wildman–Crippen MR) is 103 cm³/mol. The summed E-state index contributed by atoms with van der Waals surface area (Å²) in [5.41, 5.74) is 4.50. The molecule has 0 N–H and O–H groups in total. The SMILES string of the molecule is C#CC(C=C(c1ccccc1)c1ccccc1)c1ccc(Cl)cc1. The summed E-state index contributed by atoms with van der Waals surface area (Å²) in [5.74, 6) is 2.78. The van der Waals surface area contributed by atoms with E-state index in [-0.39, 0.29) is 5.92 Å². The minimum absolute atomic E-state index is 0.113. The van der Waals surface area contributed by atoms with Gasteiger partial charge in [0, 0.05) is 5.02 Å². The largest absolute Gasteiger partial charge is 0.119 e. The van der Waals surface area contributed by atoms with E-state index < -0.39 is 0 Å². The van der Waals surface area contributed by atoms with Crippen molar-refractivity contribution in [1.82, 2.24) is 0 Å². The number of rotatable bonds is 4. The first kappa shape index (κ1) is 16.1. The maximum Gasteiger partial charge on any atom is 0.0639 e. The lowest BCUT2D eigenvalue weighted by molar-refractivity contribution is 1.13. The van der Waals surface area contributed by atoms with Crippen molar-refractivity contribution in [2.45, 2.75) is 5.92 Å². The lowest BCUT2D eigenvalue weighted by atomic mass is 9.91. The van der Waals surface area contributed by atoms with Crippen LogP contribution >= 0.6 is 11.6 Å². The van der Waals surface area contributed by atoms with Crippen molar-refractivity contribution in [2.75, 3.05) is 0 Å². The highest BCUT2D eigenvalue weighted by atomic mass is 35.5. The van der Waals surface area contributed by atoms with Crippen molar-refractivity contribution in [3.63, 3.8) is 0 Å². The molecule has 1 unspecified atom stereocenters. The molecule has 0 spiro atoms. The van der Waals surface area contributed by atoms with Gasteiger partial charge >= 0.3 is 0 Å². The maximum absolute atomic E-state index is 5.99.